The first-order valence-corrected chi connectivity index (χ1v) is 44.8. The quantitative estimate of drug-likeness (QED) is 0.0845. The first-order valence-electron chi connectivity index (χ1n) is 44.8. The molecule has 131 heavy (non-hydrogen) atoms. The van der Waals surface area contributed by atoms with E-state index in [0.717, 1.165) is 69.8 Å². The second kappa shape index (κ2) is 37.5. The molecule has 12 heterocycles. The van der Waals surface area contributed by atoms with Gasteiger partial charge in [-0.3, -0.25) is 48.4 Å². The Bertz CT molecular complexity index is 5580. The van der Waals surface area contributed by atoms with Crippen LogP contribution in [0.25, 0.3) is 5.57 Å². The van der Waals surface area contributed by atoms with E-state index in [9.17, 15) is 77.8 Å². The number of likely N-dealkylation sites (tertiary alicyclic amines) is 4. The van der Waals surface area contributed by atoms with Crippen molar-refractivity contribution in [2.75, 3.05) is 121 Å². The van der Waals surface area contributed by atoms with E-state index < -0.39 is 69.2 Å². The van der Waals surface area contributed by atoms with Gasteiger partial charge in [0.05, 0.1) is 65.2 Å². The maximum absolute atomic E-state index is 14.9. The Morgan fingerprint density at radius 3 is 1.19 bits per heavy atom. The van der Waals surface area contributed by atoms with Gasteiger partial charge in [0.1, 0.15) is 23.0 Å². The number of rotatable bonds is 13. The SMILES string of the molecule is C=C(C)c1ccc(C(=O)N2CCC3(CC2)c2ccc(C(F)(F)F)n2CCN3C)cc1C.CN1CCn2c(C(F)(F)F)cc(F)c2C12CCN(C(=O)c1ccc(CC(C)(C)O)cc1)CC2.COc1cc(C(=O)N2CCC3(CC2)c2ccc(C(=O)C(F)(F)F)n2CCN3C)ccc1OC(C)C.COc1ccc(C(=O)N2CCC3(CC2)c2ccc(C(=O)C(C)(C)C)n2CCN3C)cc1C.[HH]. The van der Waals surface area contributed by atoms with Crippen LogP contribution in [0.2, 0.25) is 0 Å². The molecule has 4 saturated heterocycles. The number of ketones is 2. The van der Waals surface area contributed by atoms with Gasteiger partial charge >= 0.3 is 18.5 Å². The molecule has 1 N–H and O–H groups in total. The highest BCUT2D eigenvalue weighted by Gasteiger charge is 2.54. The first kappa shape index (κ1) is 98.0. The van der Waals surface area contributed by atoms with Crippen LogP contribution in [0.1, 0.15) is 227 Å². The number of ether oxygens (including phenoxy) is 3. The number of benzene rings is 4. The Labute approximate surface area is 761 Å². The number of amides is 4. The fourth-order valence-corrected chi connectivity index (χ4v) is 20.9. The molecule has 4 spiro atoms. The predicted octanol–water partition coefficient (Wildman–Crippen LogP) is 17.4. The molecule has 0 bridgehead atoms. The van der Waals surface area contributed by atoms with E-state index in [4.69, 9.17) is 14.2 Å². The molecule has 32 heteroatoms. The van der Waals surface area contributed by atoms with Crippen molar-refractivity contribution in [2.45, 2.75) is 206 Å². The van der Waals surface area contributed by atoms with Crippen LogP contribution in [0.3, 0.4) is 0 Å². The normalized spacial score (nSPS) is 18.6. The summed E-state index contributed by atoms with van der Waals surface area (Å²) in [4.78, 5) is 93.4. The molecule has 4 amide bonds. The third-order valence-electron chi connectivity index (χ3n) is 28.1. The first-order chi connectivity index (χ1) is 61.4. The summed E-state index contributed by atoms with van der Waals surface area (Å²) < 4.78 is 158. The average Bonchev–Trinajstić information content (AvgIpc) is 1.46. The highest BCUT2D eigenvalue weighted by Crippen LogP contribution is 2.50. The molecule has 4 aromatic carbocycles. The number of alkyl halides is 9. The standard InChI is InChI=1S/C26H35N3O3.C25H30F3N3O4.C24H29F4N3O2.C24H28F3N3O.H2/c1-18-17-19(7-9-21(18)32-6)24(31)28-13-11-26(12-14-28)22-10-8-20(23(30)25(2,3)4)29(22)16-15-27(26)5;1-16(2)35-19-7-5-17(15-20(19)34-4)23(33)30-11-9-24(10-12-30)21-8-6-18(22(32)25(26,27)28)31(21)14-13-29(24)3;1-22(2,33)15-16-4-6-17(7-5-16)21(32)30-10-8-23(9-11-30)20-18(25)14-19(24(26,27)28)31(20)13-12-29(23)3;1-16(2)19-6-5-18(15-17(19)3)22(31)29-11-9-23(10-12-29)20-7-8-21(24(25,26)27)30(20)14-13-28(23)4;/h7-10,17H,11-16H2,1-6H3;5-8,15-16H,9-14H2,1-4H3;4-7,14,33H,8-13,15H2,1-3H3;5-8,15H,1,9-14H2,2-4H3;1H. The van der Waals surface area contributed by atoms with Crippen LogP contribution in [-0.4, -0.2) is 237 Å². The average molecular weight is 1830 g/mol. The van der Waals surface area contributed by atoms with Crippen molar-refractivity contribution in [1.82, 2.24) is 57.5 Å². The van der Waals surface area contributed by atoms with Crippen molar-refractivity contribution in [3.63, 3.8) is 0 Å². The number of Topliss-reactive ketones (excluding diaryl/α,β-unsaturated/α-hetero) is 2. The zero-order valence-corrected chi connectivity index (χ0v) is 77.8. The van der Waals surface area contributed by atoms with Crippen molar-refractivity contribution in [3.05, 3.63) is 224 Å². The molecule has 16 rings (SSSR count). The maximum Gasteiger partial charge on any atom is 0.456 e. The summed E-state index contributed by atoms with van der Waals surface area (Å²) in [7, 11) is 11.1. The number of hydrogen-bond donors (Lipinski definition) is 1. The zero-order chi connectivity index (χ0) is 95.5. The number of halogens is 10. The topological polar surface area (TPSA) is 196 Å². The largest absolute Gasteiger partial charge is 0.496 e. The summed E-state index contributed by atoms with van der Waals surface area (Å²) in [6, 6.07) is 33.9. The van der Waals surface area contributed by atoms with Gasteiger partial charge < -0.3 is 57.2 Å². The Morgan fingerprint density at radius 2 is 0.794 bits per heavy atom. The zero-order valence-electron chi connectivity index (χ0n) is 77.8. The van der Waals surface area contributed by atoms with Gasteiger partial charge in [-0.1, -0.05) is 51.1 Å². The number of carbonyl (C=O) groups excluding carboxylic acids is 6. The smallest absolute Gasteiger partial charge is 0.456 e. The number of nitrogens with zero attached hydrogens (tertiary/aromatic N) is 12. The van der Waals surface area contributed by atoms with Crippen LogP contribution in [-0.2, 0) is 67.1 Å². The Kier molecular flexibility index (Phi) is 28.0. The Morgan fingerprint density at radius 1 is 0.427 bits per heavy atom. The molecule has 0 saturated carbocycles. The summed E-state index contributed by atoms with van der Waals surface area (Å²) in [5, 5.41) is 9.96. The van der Waals surface area contributed by atoms with Gasteiger partial charge in [0.2, 0.25) is 0 Å². The predicted molar refractivity (Wildman–Crippen MR) is 481 cm³/mol. The minimum absolute atomic E-state index is 0. The molecule has 0 radical (unpaired) electrons. The number of hydrogen-bond acceptors (Lipinski definition) is 14. The van der Waals surface area contributed by atoms with Crippen LogP contribution in [0, 0.1) is 25.1 Å². The molecular formula is C99H124F10N12O10. The van der Waals surface area contributed by atoms with E-state index in [1.54, 1.807) is 73.2 Å². The summed E-state index contributed by atoms with van der Waals surface area (Å²) in [6.45, 7) is 30.8. The molecule has 8 aromatic rings. The van der Waals surface area contributed by atoms with Crippen LogP contribution < -0.4 is 14.2 Å². The van der Waals surface area contributed by atoms with Crippen LogP contribution in [0.5, 0.6) is 17.2 Å². The van der Waals surface area contributed by atoms with Crippen molar-refractivity contribution in [1.29, 1.82) is 0 Å². The summed E-state index contributed by atoms with van der Waals surface area (Å²) in [5.41, 5.74) is 5.59. The second-order valence-corrected chi connectivity index (χ2v) is 38.2. The lowest BCUT2D eigenvalue weighted by Crippen LogP contribution is -2.57. The number of carbonyl (C=O) groups is 6. The van der Waals surface area contributed by atoms with E-state index in [0.29, 0.717) is 181 Å². The molecular weight excluding hydrogens is 1710 g/mol. The third kappa shape index (κ3) is 19.5. The van der Waals surface area contributed by atoms with E-state index in [2.05, 4.69) is 39.0 Å². The Balaban J connectivity index is 0.000000159. The summed E-state index contributed by atoms with van der Waals surface area (Å²) >= 11 is 0. The van der Waals surface area contributed by atoms with Gasteiger partial charge in [-0.2, -0.15) is 39.5 Å². The number of piperidine rings is 4. The molecule has 8 aliphatic heterocycles. The van der Waals surface area contributed by atoms with E-state index >= 15 is 0 Å². The van der Waals surface area contributed by atoms with Crippen molar-refractivity contribution >= 4 is 40.8 Å². The second-order valence-electron chi connectivity index (χ2n) is 38.2. The van der Waals surface area contributed by atoms with E-state index in [1.807, 2.05) is 146 Å². The molecule has 0 atom stereocenters. The van der Waals surface area contributed by atoms with Crippen molar-refractivity contribution < 1.29 is 93.4 Å². The van der Waals surface area contributed by atoms with Gasteiger partial charge in [0, 0.05) is 163 Å². The molecule has 0 aliphatic carbocycles. The number of aliphatic hydroxyl groups is 1. The highest BCUT2D eigenvalue weighted by molar-refractivity contribution is 6.00. The minimum Gasteiger partial charge on any atom is -0.496 e. The van der Waals surface area contributed by atoms with Crippen LogP contribution in [0.15, 0.2) is 128 Å². The highest BCUT2D eigenvalue weighted by atomic mass is 19.4. The molecule has 4 fully saturated rings. The van der Waals surface area contributed by atoms with Gasteiger partial charge in [0.25, 0.3) is 29.4 Å². The lowest BCUT2D eigenvalue weighted by Gasteiger charge is -2.50. The van der Waals surface area contributed by atoms with Crippen molar-refractivity contribution in [3.8, 4) is 17.2 Å². The summed E-state index contributed by atoms with van der Waals surface area (Å²) in [6.07, 6.45) is -8.74. The lowest BCUT2D eigenvalue weighted by molar-refractivity contribution is -0.145. The third-order valence-corrected chi connectivity index (χ3v) is 28.1. The van der Waals surface area contributed by atoms with E-state index in [-0.39, 0.29) is 60.4 Å². The number of aryl methyl sites for hydroxylation is 2. The van der Waals surface area contributed by atoms with Crippen LogP contribution >= 0.6 is 0 Å². The van der Waals surface area contributed by atoms with Gasteiger partial charge in [-0.15, -0.1) is 0 Å². The number of likely N-dealkylation sites (N-methyl/N-ethyl adjacent to an activating group) is 4. The lowest BCUT2D eigenvalue weighted by atomic mass is 9.81. The molecule has 710 valence electrons. The number of aromatic nitrogens is 4. The molecule has 22 nitrogen and oxygen atoms in total. The molecule has 0 unspecified atom stereocenters. The molecule has 4 aromatic heterocycles. The van der Waals surface area contributed by atoms with Gasteiger partial charge in [-0.05, 0) is 247 Å². The monoisotopic (exact) mass is 1830 g/mol. The minimum atomic E-state index is -4.92. The Hall–Kier alpha value is -10.5. The number of methoxy groups -OCH3 is 2. The van der Waals surface area contributed by atoms with Gasteiger partial charge in [-0.25, -0.2) is 4.39 Å². The van der Waals surface area contributed by atoms with Gasteiger partial charge in [0.15, 0.2) is 17.3 Å². The number of allylic oxidation sites excluding steroid dienone is 1. The number of fused-ring (bicyclic) bond motifs is 8. The van der Waals surface area contributed by atoms with E-state index in [1.165, 1.54) is 34.1 Å². The molecule has 8 aliphatic rings. The fraction of sp³-hybridized carbons (Fsp3) is 0.515. The summed E-state index contributed by atoms with van der Waals surface area (Å²) in [5.74, 6) is -0.906. The van der Waals surface area contributed by atoms with Crippen molar-refractivity contribution in [2.24, 2.45) is 5.41 Å². The fourth-order valence-electron chi connectivity index (χ4n) is 20.9. The maximum atomic E-state index is 14.9. The van der Waals surface area contributed by atoms with Crippen LogP contribution in [0.4, 0.5) is 43.9 Å².